The minimum absolute atomic E-state index is 0.0141. The Morgan fingerprint density at radius 2 is 2.42 bits per heavy atom. The summed E-state index contributed by atoms with van der Waals surface area (Å²) < 4.78 is 7.62. The van der Waals surface area contributed by atoms with Gasteiger partial charge in [-0.05, 0) is 6.42 Å². The number of nitrogens with zero attached hydrogens (tertiary/aromatic N) is 3. The Kier molecular flexibility index (Phi) is 3.52. The van der Waals surface area contributed by atoms with Crippen molar-refractivity contribution in [1.29, 1.82) is 0 Å². The van der Waals surface area contributed by atoms with Crippen molar-refractivity contribution in [3.05, 3.63) is 17.7 Å². The van der Waals surface area contributed by atoms with Crippen molar-refractivity contribution in [3.63, 3.8) is 0 Å². The molecule has 3 rings (SSSR count). The van der Waals surface area contributed by atoms with Crippen molar-refractivity contribution in [3.8, 4) is 0 Å². The molecule has 3 heterocycles. The summed E-state index contributed by atoms with van der Waals surface area (Å²) in [5.74, 6) is 1.14. The molecule has 1 atom stereocenters. The Balaban J connectivity index is 1.76. The minimum Gasteiger partial charge on any atom is -0.372 e. The van der Waals surface area contributed by atoms with Crippen LogP contribution in [0.1, 0.15) is 24.9 Å². The first-order valence-electron chi connectivity index (χ1n) is 6.92. The van der Waals surface area contributed by atoms with Gasteiger partial charge < -0.3 is 14.6 Å². The first-order chi connectivity index (χ1) is 9.29. The molecule has 104 valence electrons. The lowest BCUT2D eigenvalue weighted by atomic mass is 10.1. The summed E-state index contributed by atoms with van der Waals surface area (Å²) in [6.45, 7) is 6.69. The van der Waals surface area contributed by atoms with Gasteiger partial charge in [-0.1, -0.05) is 6.92 Å². The maximum Gasteiger partial charge on any atom is 0.237 e. The molecule has 0 spiro atoms. The number of ether oxygens (including phenoxy) is 1. The predicted molar refractivity (Wildman–Crippen MR) is 69.4 cm³/mol. The highest BCUT2D eigenvalue weighted by molar-refractivity contribution is 5.82. The van der Waals surface area contributed by atoms with Gasteiger partial charge in [0.2, 0.25) is 5.91 Å². The number of piperazine rings is 1. The first kappa shape index (κ1) is 12.6. The van der Waals surface area contributed by atoms with Gasteiger partial charge in [-0.3, -0.25) is 9.69 Å². The highest BCUT2D eigenvalue weighted by Crippen LogP contribution is 2.17. The van der Waals surface area contributed by atoms with Crippen LogP contribution >= 0.6 is 0 Å². The van der Waals surface area contributed by atoms with Gasteiger partial charge in [0.15, 0.2) is 0 Å². The summed E-state index contributed by atoms with van der Waals surface area (Å²) in [5.41, 5.74) is 1.19. The average Bonchev–Trinajstić information content (AvgIpc) is 2.83. The van der Waals surface area contributed by atoms with Crippen LogP contribution < -0.4 is 5.32 Å². The molecule has 0 bridgehead atoms. The molecule has 1 aromatic rings. The average molecular weight is 264 g/mol. The van der Waals surface area contributed by atoms with Crippen LogP contribution in [0.15, 0.2) is 6.20 Å². The second-order valence-electron chi connectivity index (χ2n) is 5.06. The molecule has 6 nitrogen and oxygen atoms in total. The molecule has 1 saturated heterocycles. The molecule has 0 aromatic carbocycles. The van der Waals surface area contributed by atoms with Crippen LogP contribution in [-0.2, 0) is 29.2 Å². The van der Waals surface area contributed by atoms with E-state index in [9.17, 15) is 4.79 Å². The summed E-state index contributed by atoms with van der Waals surface area (Å²) in [7, 11) is 0. The van der Waals surface area contributed by atoms with Crippen molar-refractivity contribution >= 4 is 5.91 Å². The van der Waals surface area contributed by atoms with Gasteiger partial charge in [-0.2, -0.15) is 0 Å². The smallest absolute Gasteiger partial charge is 0.237 e. The van der Waals surface area contributed by atoms with Gasteiger partial charge in [0.05, 0.1) is 18.3 Å². The van der Waals surface area contributed by atoms with E-state index in [-0.39, 0.29) is 11.9 Å². The lowest BCUT2D eigenvalue weighted by Crippen LogP contribution is -2.54. The van der Waals surface area contributed by atoms with Crippen LogP contribution in [0.4, 0.5) is 0 Å². The molecule has 0 radical (unpaired) electrons. The topological polar surface area (TPSA) is 59.4 Å². The van der Waals surface area contributed by atoms with Gasteiger partial charge in [-0.25, -0.2) is 4.98 Å². The largest absolute Gasteiger partial charge is 0.372 e. The molecule has 19 heavy (non-hydrogen) atoms. The van der Waals surface area contributed by atoms with Crippen LogP contribution in [-0.4, -0.2) is 46.1 Å². The maximum absolute atomic E-state index is 11.9. The van der Waals surface area contributed by atoms with E-state index in [1.807, 2.05) is 6.20 Å². The van der Waals surface area contributed by atoms with Crippen molar-refractivity contribution < 1.29 is 9.53 Å². The van der Waals surface area contributed by atoms with Crippen LogP contribution in [0.3, 0.4) is 0 Å². The second kappa shape index (κ2) is 5.30. The number of carbonyl (C=O) groups is 1. The molecule has 2 aliphatic heterocycles. The molecular formula is C13H20N4O2. The van der Waals surface area contributed by atoms with E-state index in [1.165, 1.54) is 5.69 Å². The lowest BCUT2D eigenvalue weighted by Gasteiger charge is -2.34. The Morgan fingerprint density at radius 1 is 1.53 bits per heavy atom. The van der Waals surface area contributed by atoms with Crippen LogP contribution in [0, 0.1) is 0 Å². The zero-order valence-corrected chi connectivity index (χ0v) is 11.3. The summed E-state index contributed by atoms with van der Waals surface area (Å²) in [5, 5.41) is 2.93. The third kappa shape index (κ3) is 2.37. The Bertz CT molecular complexity index is 471. The molecule has 0 saturated carbocycles. The number of imidazole rings is 1. The SMILES string of the molecule is CCC1C(=O)NCCN1Cc1cnc2n1CCOC2. The molecule has 0 aliphatic carbocycles. The molecule has 1 N–H and O–H groups in total. The van der Waals surface area contributed by atoms with Gasteiger partial charge in [0.1, 0.15) is 12.4 Å². The number of nitrogens with one attached hydrogen (secondary N) is 1. The molecule has 1 aromatic heterocycles. The maximum atomic E-state index is 11.9. The normalized spacial score (nSPS) is 24.1. The van der Waals surface area contributed by atoms with Crippen molar-refractivity contribution in [2.45, 2.75) is 39.1 Å². The molecule has 6 heteroatoms. The monoisotopic (exact) mass is 264 g/mol. The van der Waals surface area contributed by atoms with Gasteiger partial charge >= 0.3 is 0 Å². The first-order valence-corrected chi connectivity index (χ1v) is 6.92. The quantitative estimate of drug-likeness (QED) is 0.842. The summed E-state index contributed by atoms with van der Waals surface area (Å²) in [6.07, 6.45) is 2.76. The number of amides is 1. The fourth-order valence-electron chi connectivity index (χ4n) is 2.89. The van der Waals surface area contributed by atoms with Crippen LogP contribution in [0.25, 0.3) is 0 Å². The predicted octanol–water partition coefficient (Wildman–Crippen LogP) is 0.124. The van der Waals surface area contributed by atoms with Gasteiger partial charge in [0, 0.05) is 32.4 Å². The number of carbonyl (C=O) groups excluding carboxylic acids is 1. The van der Waals surface area contributed by atoms with Crippen LogP contribution in [0.5, 0.6) is 0 Å². The van der Waals surface area contributed by atoms with Gasteiger partial charge in [0.25, 0.3) is 0 Å². The summed E-state index contributed by atoms with van der Waals surface area (Å²) >= 11 is 0. The van der Waals surface area contributed by atoms with E-state index in [0.717, 1.165) is 45.0 Å². The molecular weight excluding hydrogens is 244 g/mol. The van der Waals surface area contributed by atoms with Crippen molar-refractivity contribution in [2.75, 3.05) is 19.7 Å². The number of fused-ring (bicyclic) bond motifs is 1. The standard InChI is InChI=1S/C13H20N4O2/c1-2-11-13(18)14-3-4-16(11)8-10-7-15-12-9-19-6-5-17(10)12/h7,11H,2-6,8-9H2,1H3,(H,14,18). The highest BCUT2D eigenvalue weighted by Gasteiger charge is 2.29. The Labute approximate surface area is 112 Å². The van der Waals surface area contributed by atoms with E-state index in [4.69, 9.17) is 4.74 Å². The summed E-state index contributed by atoms with van der Waals surface area (Å²) in [6, 6.07) is -0.0141. The number of hydrogen-bond acceptors (Lipinski definition) is 4. The fraction of sp³-hybridized carbons (Fsp3) is 0.692. The minimum atomic E-state index is -0.0141. The zero-order valence-electron chi connectivity index (χ0n) is 11.3. The molecule has 1 fully saturated rings. The molecule has 1 amide bonds. The van der Waals surface area contributed by atoms with Crippen molar-refractivity contribution in [2.24, 2.45) is 0 Å². The third-order valence-corrected chi connectivity index (χ3v) is 3.90. The zero-order chi connectivity index (χ0) is 13.2. The van der Waals surface area contributed by atoms with E-state index >= 15 is 0 Å². The number of hydrogen-bond donors (Lipinski definition) is 1. The Hall–Kier alpha value is -1.40. The lowest BCUT2D eigenvalue weighted by molar-refractivity contribution is -0.129. The van der Waals surface area contributed by atoms with Crippen molar-refractivity contribution in [1.82, 2.24) is 19.8 Å². The van der Waals surface area contributed by atoms with Gasteiger partial charge in [-0.15, -0.1) is 0 Å². The summed E-state index contributed by atoms with van der Waals surface area (Å²) in [4.78, 5) is 18.5. The van der Waals surface area contributed by atoms with E-state index in [0.29, 0.717) is 6.61 Å². The molecule has 1 unspecified atom stereocenters. The second-order valence-corrected chi connectivity index (χ2v) is 5.06. The number of aromatic nitrogens is 2. The van der Waals surface area contributed by atoms with E-state index in [2.05, 4.69) is 26.7 Å². The fourth-order valence-corrected chi connectivity index (χ4v) is 2.89. The van der Waals surface area contributed by atoms with E-state index in [1.54, 1.807) is 0 Å². The third-order valence-electron chi connectivity index (χ3n) is 3.90. The van der Waals surface area contributed by atoms with Crippen LogP contribution in [0.2, 0.25) is 0 Å². The molecule has 2 aliphatic rings. The highest BCUT2D eigenvalue weighted by atomic mass is 16.5. The number of rotatable bonds is 3. The van der Waals surface area contributed by atoms with E-state index < -0.39 is 0 Å². The Morgan fingerprint density at radius 3 is 3.26 bits per heavy atom.